The molecule has 23 heavy (non-hydrogen) atoms. The highest BCUT2D eigenvalue weighted by atomic mass is 16.2. The summed E-state index contributed by atoms with van der Waals surface area (Å²) in [6.45, 7) is 8.42. The molecule has 1 atom stereocenters. The van der Waals surface area contributed by atoms with E-state index in [4.69, 9.17) is 5.73 Å². The first-order chi connectivity index (χ1) is 10.9. The second-order valence-corrected chi connectivity index (χ2v) is 6.11. The summed E-state index contributed by atoms with van der Waals surface area (Å²) in [7, 11) is 1.72. The van der Waals surface area contributed by atoms with Crippen molar-refractivity contribution < 1.29 is 4.79 Å². The normalized spacial score (nSPS) is 12.5. The van der Waals surface area contributed by atoms with Gasteiger partial charge in [0.1, 0.15) is 5.82 Å². The zero-order valence-electron chi connectivity index (χ0n) is 14.4. The summed E-state index contributed by atoms with van der Waals surface area (Å²) in [6.07, 6.45) is 0. The van der Waals surface area contributed by atoms with Gasteiger partial charge in [0.05, 0.1) is 5.69 Å². The van der Waals surface area contributed by atoms with Crippen LogP contribution in [0.3, 0.4) is 0 Å². The van der Waals surface area contributed by atoms with E-state index in [2.05, 4.69) is 30.0 Å². The molecule has 0 radical (unpaired) electrons. The van der Waals surface area contributed by atoms with Crippen LogP contribution in [0.25, 0.3) is 5.69 Å². The Morgan fingerprint density at radius 1 is 1.30 bits per heavy atom. The third kappa shape index (κ3) is 3.42. The number of likely N-dealkylation sites (N-methyl/N-ethyl adjacent to an activating group) is 1. The topological polar surface area (TPSA) is 77.0 Å². The maximum atomic E-state index is 12.5. The fourth-order valence-electron chi connectivity index (χ4n) is 2.39. The molecule has 0 aliphatic heterocycles. The first-order valence-electron chi connectivity index (χ1n) is 7.87. The molecule has 0 fully saturated rings. The van der Waals surface area contributed by atoms with Crippen LogP contribution in [-0.4, -0.2) is 45.2 Å². The van der Waals surface area contributed by atoms with Crippen molar-refractivity contribution in [3.8, 4) is 5.69 Å². The van der Waals surface area contributed by atoms with Gasteiger partial charge in [-0.1, -0.05) is 32.0 Å². The van der Waals surface area contributed by atoms with Crippen LogP contribution in [0, 0.1) is 6.92 Å². The van der Waals surface area contributed by atoms with Crippen LogP contribution < -0.4 is 5.73 Å². The summed E-state index contributed by atoms with van der Waals surface area (Å²) in [6, 6.07) is 7.99. The van der Waals surface area contributed by atoms with E-state index in [0.717, 1.165) is 5.69 Å². The summed E-state index contributed by atoms with van der Waals surface area (Å²) >= 11 is 0. The Kier molecular flexibility index (Phi) is 5.15. The van der Waals surface area contributed by atoms with Crippen LogP contribution in [0.5, 0.6) is 0 Å². The van der Waals surface area contributed by atoms with Crippen molar-refractivity contribution in [3.63, 3.8) is 0 Å². The molecule has 1 heterocycles. The maximum Gasteiger partial charge on any atom is 0.293 e. The fraction of sp³-hybridized carbons (Fsp3) is 0.471. The predicted molar refractivity (Wildman–Crippen MR) is 90.8 cm³/mol. The number of aryl methyl sites for hydroxylation is 1. The molecule has 0 aliphatic carbocycles. The Morgan fingerprint density at radius 2 is 1.96 bits per heavy atom. The SMILES string of the molecule is Cc1nc(C(=O)N(C)C(C)CN)nn1-c1ccccc1C(C)C. The third-order valence-electron chi connectivity index (χ3n) is 4.07. The quantitative estimate of drug-likeness (QED) is 0.917. The van der Waals surface area contributed by atoms with Crippen molar-refractivity contribution in [2.45, 2.75) is 39.7 Å². The van der Waals surface area contributed by atoms with Gasteiger partial charge in [-0.15, -0.1) is 5.10 Å². The van der Waals surface area contributed by atoms with Gasteiger partial charge in [0.15, 0.2) is 0 Å². The van der Waals surface area contributed by atoms with Gasteiger partial charge in [-0.05, 0) is 31.4 Å². The molecule has 2 rings (SSSR count). The number of para-hydroxylation sites is 1. The summed E-state index contributed by atoms with van der Waals surface area (Å²) in [5.74, 6) is 1.03. The van der Waals surface area contributed by atoms with Crippen molar-refractivity contribution in [1.82, 2.24) is 19.7 Å². The van der Waals surface area contributed by atoms with Crippen LogP contribution in [0.1, 0.15) is 48.7 Å². The molecule has 0 saturated carbocycles. The van der Waals surface area contributed by atoms with E-state index < -0.39 is 0 Å². The Labute approximate surface area is 137 Å². The number of hydrogen-bond acceptors (Lipinski definition) is 4. The monoisotopic (exact) mass is 315 g/mol. The van der Waals surface area contributed by atoms with Crippen LogP contribution in [-0.2, 0) is 0 Å². The molecular weight excluding hydrogens is 290 g/mol. The molecule has 1 unspecified atom stereocenters. The molecule has 0 spiro atoms. The second-order valence-electron chi connectivity index (χ2n) is 6.11. The summed E-state index contributed by atoms with van der Waals surface area (Å²) in [5.41, 5.74) is 7.76. The maximum absolute atomic E-state index is 12.5. The first-order valence-corrected chi connectivity index (χ1v) is 7.87. The third-order valence-corrected chi connectivity index (χ3v) is 4.07. The van der Waals surface area contributed by atoms with E-state index in [1.807, 2.05) is 32.0 Å². The molecule has 1 aromatic carbocycles. The zero-order chi connectivity index (χ0) is 17.1. The average molecular weight is 315 g/mol. The smallest absolute Gasteiger partial charge is 0.293 e. The molecule has 0 saturated heterocycles. The lowest BCUT2D eigenvalue weighted by Crippen LogP contribution is -2.40. The number of nitrogens with two attached hydrogens (primary N) is 1. The minimum absolute atomic E-state index is 0.0577. The molecule has 6 heteroatoms. The summed E-state index contributed by atoms with van der Waals surface area (Å²) in [4.78, 5) is 18.4. The van der Waals surface area contributed by atoms with E-state index >= 15 is 0 Å². The lowest BCUT2D eigenvalue weighted by molar-refractivity contribution is 0.0736. The molecule has 2 N–H and O–H groups in total. The van der Waals surface area contributed by atoms with Gasteiger partial charge in [-0.3, -0.25) is 4.79 Å². The molecule has 124 valence electrons. The molecule has 0 bridgehead atoms. The van der Waals surface area contributed by atoms with E-state index in [1.165, 1.54) is 5.56 Å². The summed E-state index contributed by atoms with van der Waals surface area (Å²) in [5, 5.41) is 4.43. The Balaban J connectivity index is 2.42. The second kappa shape index (κ2) is 6.91. The van der Waals surface area contributed by atoms with Crippen molar-refractivity contribution in [3.05, 3.63) is 41.5 Å². The molecular formula is C17H25N5O. The number of amides is 1. The van der Waals surface area contributed by atoms with Gasteiger partial charge < -0.3 is 10.6 Å². The van der Waals surface area contributed by atoms with Crippen molar-refractivity contribution in [2.75, 3.05) is 13.6 Å². The van der Waals surface area contributed by atoms with Gasteiger partial charge in [-0.25, -0.2) is 9.67 Å². The lowest BCUT2D eigenvalue weighted by atomic mass is 10.0. The van der Waals surface area contributed by atoms with Gasteiger partial charge in [0, 0.05) is 19.6 Å². The number of nitrogens with zero attached hydrogens (tertiary/aromatic N) is 4. The number of carbonyl (C=O) groups is 1. The zero-order valence-corrected chi connectivity index (χ0v) is 14.4. The standard InChI is InChI=1S/C17H25N5O/c1-11(2)14-8-6-7-9-15(14)22-13(4)19-16(20-22)17(23)21(5)12(3)10-18/h6-9,11-12H,10,18H2,1-5H3. The van der Waals surface area contributed by atoms with E-state index in [0.29, 0.717) is 18.3 Å². The number of benzene rings is 1. The van der Waals surface area contributed by atoms with E-state index in [9.17, 15) is 4.79 Å². The number of hydrogen-bond donors (Lipinski definition) is 1. The van der Waals surface area contributed by atoms with Crippen molar-refractivity contribution >= 4 is 5.91 Å². The molecule has 1 amide bonds. The van der Waals surface area contributed by atoms with E-state index in [-0.39, 0.29) is 17.8 Å². The highest BCUT2D eigenvalue weighted by Gasteiger charge is 2.22. The predicted octanol–water partition coefficient (Wildman–Crippen LogP) is 2.12. The van der Waals surface area contributed by atoms with Gasteiger partial charge in [-0.2, -0.15) is 0 Å². The molecule has 6 nitrogen and oxygen atoms in total. The summed E-state index contributed by atoms with van der Waals surface area (Å²) < 4.78 is 1.74. The van der Waals surface area contributed by atoms with Crippen LogP contribution in [0.4, 0.5) is 0 Å². The fourth-order valence-corrected chi connectivity index (χ4v) is 2.39. The highest BCUT2D eigenvalue weighted by Crippen LogP contribution is 2.23. The van der Waals surface area contributed by atoms with Crippen LogP contribution in [0.15, 0.2) is 24.3 Å². The number of rotatable bonds is 5. The Hall–Kier alpha value is -2.21. The van der Waals surface area contributed by atoms with Gasteiger partial charge >= 0.3 is 0 Å². The highest BCUT2D eigenvalue weighted by molar-refractivity contribution is 5.90. The Bertz CT molecular complexity index is 692. The first kappa shape index (κ1) is 17.1. The molecule has 2 aromatic rings. The van der Waals surface area contributed by atoms with Crippen molar-refractivity contribution in [2.24, 2.45) is 5.73 Å². The average Bonchev–Trinajstić information content (AvgIpc) is 2.94. The minimum atomic E-state index is -0.216. The largest absolute Gasteiger partial charge is 0.335 e. The number of aromatic nitrogens is 3. The number of carbonyl (C=O) groups excluding carboxylic acids is 1. The van der Waals surface area contributed by atoms with Gasteiger partial charge in [0.2, 0.25) is 5.82 Å². The molecule has 1 aromatic heterocycles. The van der Waals surface area contributed by atoms with Gasteiger partial charge in [0.25, 0.3) is 5.91 Å². The molecule has 0 aliphatic rings. The van der Waals surface area contributed by atoms with Crippen LogP contribution >= 0.6 is 0 Å². The lowest BCUT2D eigenvalue weighted by Gasteiger charge is -2.21. The van der Waals surface area contributed by atoms with Crippen molar-refractivity contribution in [1.29, 1.82) is 0 Å². The van der Waals surface area contributed by atoms with E-state index in [1.54, 1.807) is 16.6 Å². The van der Waals surface area contributed by atoms with Crippen LogP contribution in [0.2, 0.25) is 0 Å². The Morgan fingerprint density at radius 3 is 2.57 bits per heavy atom. The minimum Gasteiger partial charge on any atom is -0.335 e.